The van der Waals surface area contributed by atoms with Crippen LogP contribution >= 0.6 is 11.3 Å². The lowest BCUT2D eigenvalue weighted by Crippen LogP contribution is -2.21. The van der Waals surface area contributed by atoms with Crippen LogP contribution in [0.25, 0.3) is 0 Å². The van der Waals surface area contributed by atoms with Gasteiger partial charge in [-0.3, -0.25) is 0 Å². The third-order valence-corrected chi connectivity index (χ3v) is 5.71. The van der Waals surface area contributed by atoms with E-state index in [9.17, 15) is 13.2 Å². The summed E-state index contributed by atoms with van der Waals surface area (Å²) in [6.45, 7) is 5.68. The average Bonchev–Trinajstić information content (AvgIpc) is 2.66. The molecule has 1 aromatic heterocycles. The molecule has 1 N–H and O–H groups in total. The van der Waals surface area contributed by atoms with Crippen LogP contribution in [0.4, 0.5) is 13.2 Å². The Balaban J connectivity index is 2.13. The quantitative estimate of drug-likeness (QED) is 0.767. The number of fused-ring (bicyclic) bond motifs is 3. The standard InChI is InChI=1S/C14H18F3NS/c1-13(2)7-9(14(15,16)17)12-11(13)8-3-5-18-6-4-10(8)19-12/h9,18H,3-7H2,1-2H3. The molecule has 1 aliphatic heterocycles. The van der Waals surface area contributed by atoms with Gasteiger partial charge in [-0.2, -0.15) is 13.2 Å². The lowest BCUT2D eigenvalue weighted by Gasteiger charge is -2.22. The van der Waals surface area contributed by atoms with Gasteiger partial charge < -0.3 is 5.32 Å². The highest BCUT2D eigenvalue weighted by molar-refractivity contribution is 7.12. The minimum absolute atomic E-state index is 0.207. The van der Waals surface area contributed by atoms with E-state index in [4.69, 9.17) is 0 Å². The zero-order chi connectivity index (χ0) is 13.8. The molecule has 106 valence electrons. The van der Waals surface area contributed by atoms with E-state index in [2.05, 4.69) is 5.32 Å². The Labute approximate surface area is 115 Å². The topological polar surface area (TPSA) is 12.0 Å². The highest BCUT2D eigenvalue weighted by Crippen LogP contribution is 2.57. The fourth-order valence-electron chi connectivity index (χ4n) is 3.50. The number of halogens is 3. The van der Waals surface area contributed by atoms with Crippen molar-refractivity contribution >= 4 is 11.3 Å². The molecular weight excluding hydrogens is 271 g/mol. The molecule has 0 saturated carbocycles. The van der Waals surface area contributed by atoms with Crippen LogP contribution < -0.4 is 5.32 Å². The van der Waals surface area contributed by atoms with Crippen molar-refractivity contribution in [3.8, 4) is 0 Å². The molecule has 0 amide bonds. The van der Waals surface area contributed by atoms with Gasteiger partial charge in [-0.15, -0.1) is 11.3 Å². The molecule has 0 spiro atoms. The largest absolute Gasteiger partial charge is 0.396 e. The minimum atomic E-state index is -4.11. The van der Waals surface area contributed by atoms with Gasteiger partial charge in [0.1, 0.15) is 0 Å². The molecule has 2 heterocycles. The molecule has 0 bridgehead atoms. The van der Waals surface area contributed by atoms with Crippen molar-refractivity contribution in [2.24, 2.45) is 0 Å². The fraction of sp³-hybridized carbons (Fsp3) is 0.714. The van der Waals surface area contributed by atoms with Crippen LogP contribution in [0.1, 0.15) is 47.1 Å². The second-order valence-electron chi connectivity index (χ2n) is 6.18. The summed E-state index contributed by atoms with van der Waals surface area (Å²) in [5.74, 6) is -1.25. The van der Waals surface area contributed by atoms with Crippen molar-refractivity contribution in [1.29, 1.82) is 0 Å². The number of hydrogen-bond acceptors (Lipinski definition) is 2. The Morgan fingerprint density at radius 1 is 1.21 bits per heavy atom. The third-order valence-electron chi connectivity index (χ3n) is 4.30. The first-order valence-corrected chi connectivity index (χ1v) is 7.55. The van der Waals surface area contributed by atoms with Crippen molar-refractivity contribution in [2.45, 2.75) is 50.6 Å². The SMILES string of the molecule is CC1(C)CC(C(F)(F)F)c2sc3c(c21)CCNCC3. The van der Waals surface area contributed by atoms with Gasteiger partial charge in [0.2, 0.25) is 0 Å². The molecule has 1 aromatic rings. The molecule has 3 rings (SSSR count). The molecule has 5 heteroatoms. The Morgan fingerprint density at radius 2 is 1.89 bits per heavy atom. The molecule has 19 heavy (non-hydrogen) atoms. The fourth-order valence-corrected chi connectivity index (χ4v) is 5.15. The first-order valence-electron chi connectivity index (χ1n) is 6.73. The monoisotopic (exact) mass is 289 g/mol. The average molecular weight is 289 g/mol. The van der Waals surface area contributed by atoms with Crippen LogP contribution in [0, 0.1) is 0 Å². The van der Waals surface area contributed by atoms with Crippen LogP contribution in [0.15, 0.2) is 0 Å². The van der Waals surface area contributed by atoms with E-state index in [0.29, 0.717) is 4.88 Å². The van der Waals surface area contributed by atoms with E-state index in [1.807, 2.05) is 13.8 Å². The first kappa shape index (κ1) is 13.4. The van der Waals surface area contributed by atoms with Crippen LogP contribution in [0.5, 0.6) is 0 Å². The van der Waals surface area contributed by atoms with E-state index >= 15 is 0 Å². The van der Waals surface area contributed by atoms with Gasteiger partial charge in [0.15, 0.2) is 0 Å². The summed E-state index contributed by atoms with van der Waals surface area (Å²) in [6.07, 6.45) is -2.16. The minimum Gasteiger partial charge on any atom is -0.316 e. The predicted molar refractivity (Wildman–Crippen MR) is 71.0 cm³/mol. The summed E-state index contributed by atoms with van der Waals surface area (Å²) < 4.78 is 39.7. The number of nitrogens with one attached hydrogen (secondary N) is 1. The lowest BCUT2D eigenvalue weighted by molar-refractivity contribution is -0.151. The van der Waals surface area contributed by atoms with E-state index in [1.54, 1.807) is 0 Å². The summed E-state index contributed by atoms with van der Waals surface area (Å²) in [6, 6.07) is 0. The van der Waals surface area contributed by atoms with E-state index in [-0.39, 0.29) is 11.8 Å². The van der Waals surface area contributed by atoms with Gasteiger partial charge in [-0.05, 0) is 48.9 Å². The van der Waals surface area contributed by atoms with Gasteiger partial charge in [0.05, 0.1) is 5.92 Å². The summed E-state index contributed by atoms with van der Waals surface area (Å²) in [5.41, 5.74) is 1.88. The highest BCUT2D eigenvalue weighted by atomic mass is 32.1. The van der Waals surface area contributed by atoms with Crippen LogP contribution in [-0.2, 0) is 18.3 Å². The molecule has 1 atom stereocenters. The van der Waals surface area contributed by atoms with Crippen molar-refractivity contribution in [3.63, 3.8) is 0 Å². The molecular formula is C14H18F3NS. The smallest absolute Gasteiger partial charge is 0.316 e. The van der Waals surface area contributed by atoms with Gasteiger partial charge in [-0.25, -0.2) is 0 Å². The maximum absolute atomic E-state index is 13.2. The Kier molecular flexibility index (Phi) is 2.98. The van der Waals surface area contributed by atoms with Crippen LogP contribution in [0.2, 0.25) is 0 Å². The summed E-state index contributed by atoms with van der Waals surface area (Å²) in [4.78, 5) is 1.78. The van der Waals surface area contributed by atoms with Crippen molar-refractivity contribution in [2.75, 3.05) is 13.1 Å². The molecule has 1 aliphatic carbocycles. The number of thiophene rings is 1. The highest BCUT2D eigenvalue weighted by Gasteiger charge is 2.52. The Morgan fingerprint density at radius 3 is 2.58 bits per heavy atom. The van der Waals surface area contributed by atoms with Crippen LogP contribution in [-0.4, -0.2) is 19.3 Å². The van der Waals surface area contributed by atoms with Crippen molar-refractivity contribution in [3.05, 3.63) is 20.9 Å². The summed E-state index contributed by atoms with van der Waals surface area (Å²) in [5, 5.41) is 3.32. The van der Waals surface area contributed by atoms with E-state index < -0.39 is 12.1 Å². The van der Waals surface area contributed by atoms with E-state index in [0.717, 1.165) is 31.5 Å². The molecule has 0 fully saturated rings. The molecule has 0 radical (unpaired) electrons. The van der Waals surface area contributed by atoms with Gasteiger partial charge in [0, 0.05) is 9.75 Å². The maximum Gasteiger partial charge on any atom is 0.396 e. The number of alkyl halides is 3. The zero-order valence-corrected chi connectivity index (χ0v) is 12.0. The van der Waals surface area contributed by atoms with Gasteiger partial charge >= 0.3 is 6.18 Å². The predicted octanol–water partition coefficient (Wildman–Crippen LogP) is 3.76. The Bertz CT molecular complexity index is 502. The maximum atomic E-state index is 13.2. The second-order valence-corrected chi connectivity index (χ2v) is 7.31. The van der Waals surface area contributed by atoms with Gasteiger partial charge in [-0.1, -0.05) is 13.8 Å². The normalized spacial score (nSPS) is 25.8. The first-order chi connectivity index (χ1) is 8.81. The molecule has 1 unspecified atom stereocenters. The molecule has 1 nitrogen and oxygen atoms in total. The number of rotatable bonds is 0. The van der Waals surface area contributed by atoms with Crippen molar-refractivity contribution < 1.29 is 13.2 Å². The summed E-state index contributed by atoms with van der Waals surface area (Å²) in [7, 11) is 0. The Hall–Kier alpha value is -0.550. The number of hydrogen-bond donors (Lipinski definition) is 1. The molecule has 0 saturated heterocycles. The van der Waals surface area contributed by atoms with Crippen molar-refractivity contribution in [1.82, 2.24) is 5.32 Å². The lowest BCUT2D eigenvalue weighted by atomic mass is 9.83. The third kappa shape index (κ3) is 2.11. The second kappa shape index (κ2) is 4.22. The summed E-state index contributed by atoms with van der Waals surface area (Å²) >= 11 is 1.42. The molecule has 2 aliphatic rings. The zero-order valence-electron chi connectivity index (χ0n) is 11.2. The van der Waals surface area contributed by atoms with Crippen LogP contribution in [0.3, 0.4) is 0 Å². The van der Waals surface area contributed by atoms with Gasteiger partial charge in [0.25, 0.3) is 0 Å². The van der Waals surface area contributed by atoms with E-state index in [1.165, 1.54) is 21.8 Å². The molecule has 0 aromatic carbocycles.